The number of hydrogen-bond acceptors (Lipinski definition) is 3. The van der Waals surface area contributed by atoms with E-state index in [2.05, 4.69) is 27.8 Å². The highest BCUT2D eigenvalue weighted by Gasteiger charge is 2.47. The molecule has 1 aliphatic heterocycles. The fourth-order valence-electron chi connectivity index (χ4n) is 2.33. The van der Waals surface area contributed by atoms with Gasteiger partial charge in [0.25, 0.3) is 0 Å². The van der Waals surface area contributed by atoms with Crippen LogP contribution in [0.4, 0.5) is 0 Å². The molecule has 1 amide bonds. The van der Waals surface area contributed by atoms with Crippen molar-refractivity contribution in [1.29, 1.82) is 5.41 Å². The molecule has 0 saturated carbocycles. The van der Waals surface area contributed by atoms with Crippen LogP contribution in [0.2, 0.25) is 0 Å². The molecule has 1 aromatic heterocycles. The van der Waals surface area contributed by atoms with Crippen LogP contribution in [0.25, 0.3) is 0 Å². The van der Waals surface area contributed by atoms with Crippen molar-refractivity contribution in [3.05, 3.63) is 33.5 Å². The van der Waals surface area contributed by atoms with Crippen LogP contribution in [0.1, 0.15) is 18.2 Å². The Labute approximate surface area is 125 Å². The number of thiophene rings is 1. The van der Waals surface area contributed by atoms with Gasteiger partial charge in [-0.1, -0.05) is 6.08 Å². The molecule has 1 aliphatic rings. The molecule has 4 nitrogen and oxygen atoms in total. The lowest BCUT2D eigenvalue weighted by Crippen LogP contribution is -2.63. The molecule has 2 rings (SSSR count). The first-order valence-electron chi connectivity index (χ1n) is 5.90. The van der Waals surface area contributed by atoms with Crippen molar-refractivity contribution in [1.82, 2.24) is 10.2 Å². The van der Waals surface area contributed by atoms with Gasteiger partial charge in [0.1, 0.15) is 0 Å². The smallest absolute Gasteiger partial charge is 0.235 e. The lowest BCUT2D eigenvalue weighted by Gasteiger charge is -2.44. The molecule has 1 saturated heterocycles. The van der Waals surface area contributed by atoms with Crippen molar-refractivity contribution in [2.75, 3.05) is 7.05 Å². The first-order valence-corrected chi connectivity index (χ1v) is 7.57. The second kappa shape index (κ2) is 5.09. The molecule has 0 bridgehead atoms. The van der Waals surface area contributed by atoms with E-state index in [1.165, 1.54) is 4.90 Å². The van der Waals surface area contributed by atoms with E-state index in [1.54, 1.807) is 24.5 Å². The van der Waals surface area contributed by atoms with E-state index < -0.39 is 5.54 Å². The molecule has 0 radical (unpaired) electrons. The number of nitrogens with one attached hydrogen (secondary N) is 2. The quantitative estimate of drug-likeness (QED) is 0.830. The number of carbonyl (C=O) groups is 1. The topological polar surface area (TPSA) is 56.2 Å². The zero-order valence-electron chi connectivity index (χ0n) is 10.9. The Morgan fingerprint density at radius 3 is 2.95 bits per heavy atom. The van der Waals surface area contributed by atoms with Crippen molar-refractivity contribution in [3.63, 3.8) is 0 Å². The number of nitrogens with zero attached hydrogens (tertiary/aromatic N) is 1. The Hall–Kier alpha value is -1.14. The Bertz CT molecular complexity index is 542. The van der Waals surface area contributed by atoms with Gasteiger partial charge in [0, 0.05) is 21.8 Å². The molecule has 6 heteroatoms. The summed E-state index contributed by atoms with van der Waals surface area (Å²) in [6.45, 7) is 5.71. The van der Waals surface area contributed by atoms with Crippen LogP contribution in [0.3, 0.4) is 0 Å². The summed E-state index contributed by atoms with van der Waals surface area (Å²) in [4.78, 5) is 14.8. The predicted octanol–water partition coefficient (Wildman–Crippen LogP) is 2.91. The fourth-order valence-corrected chi connectivity index (χ4v) is 3.93. The number of allylic oxidation sites excluding steroid dienone is 1. The van der Waals surface area contributed by atoms with Gasteiger partial charge in [-0.15, -0.1) is 17.9 Å². The lowest BCUT2D eigenvalue weighted by atomic mass is 9.79. The largest absolute Gasteiger partial charge is 0.345 e. The maximum absolute atomic E-state index is 12.4. The molecule has 0 spiro atoms. The highest BCUT2D eigenvalue weighted by Crippen LogP contribution is 2.40. The lowest BCUT2D eigenvalue weighted by molar-refractivity contribution is -0.135. The van der Waals surface area contributed by atoms with Crippen molar-refractivity contribution < 1.29 is 4.79 Å². The highest BCUT2D eigenvalue weighted by atomic mass is 79.9. The summed E-state index contributed by atoms with van der Waals surface area (Å²) in [7, 11) is 1.62. The molecule has 1 fully saturated rings. The second-order valence-electron chi connectivity index (χ2n) is 4.78. The average Bonchev–Trinajstić information content (AvgIpc) is 2.79. The van der Waals surface area contributed by atoms with Crippen LogP contribution in [0, 0.1) is 11.3 Å². The molecule has 19 heavy (non-hydrogen) atoms. The average molecular weight is 342 g/mol. The minimum absolute atomic E-state index is 0.0457. The Morgan fingerprint density at radius 2 is 2.42 bits per heavy atom. The number of halogens is 1. The normalized spacial score (nSPS) is 27.3. The first-order chi connectivity index (χ1) is 8.90. The number of hydrogen-bond donors (Lipinski definition) is 2. The second-order valence-corrected chi connectivity index (χ2v) is 6.61. The van der Waals surface area contributed by atoms with Crippen molar-refractivity contribution in [2.45, 2.75) is 18.9 Å². The molecule has 2 atom stereocenters. The van der Waals surface area contributed by atoms with Crippen LogP contribution in [0.5, 0.6) is 0 Å². The van der Waals surface area contributed by atoms with E-state index in [9.17, 15) is 4.79 Å². The van der Waals surface area contributed by atoms with Gasteiger partial charge in [-0.25, -0.2) is 0 Å². The molecular formula is C13H16BrN3OS. The number of guanidine groups is 1. The van der Waals surface area contributed by atoms with E-state index in [0.29, 0.717) is 6.42 Å². The molecule has 0 aromatic carbocycles. The van der Waals surface area contributed by atoms with Gasteiger partial charge in [-0.2, -0.15) is 0 Å². The van der Waals surface area contributed by atoms with Gasteiger partial charge < -0.3 is 5.32 Å². The minimum Gasteiger partial charge on any atom is -0.345 e. The summed E-state index contributed by atoms with van der Waals surface area (Å²) in [6.07, 6.45) is 2.34. The maximum atomic E-state index is 12.4. The van der Waals surface area contributed by atoms with E-state index >= 15 is 0 Å². The molecule has 1 aromatic rings. The van der Waals surface area contributed by atoms with Gasteiger partial charge >= 0.3 is 0 Å². The summed E-state index contributed by atoms with van der Waals surface area (Å²) >= 11 is 5.02. The monoisotopic (exact) mass is 341 g/mol. The van der Waals surface area contributed by atoms with Crippen LogP contribution < -0.4 is 5.32 Å². The zero-order valence-corrected chi connectivity index (χ0v) is 13.3. The van der Waals surface area contributed by atoms with Crippen molar-refractivity contribution >= 4 is 39.1 Å². The van der Waals surface area contributed by atoms with Gasteiger partial charge in [0.2, 0.25) is 5.91 Å². The summed E-state index contributed by atoms with van der Waals surface area (Å²) in [5.41, 5.74) is -0.564. The predicted molar refractivity (Wildman–Crippen MR) is 81.3 cm³/mol. The molecule has 0 aliphatic carbocycles. The fraction of sp³-hybridized carbons (Fsp3) is 0.385. The summed E-state index contributed by atoms with van der Waals surface area (Å²) in [5.74, 6) is -0.164. The Morgan fingerprint density at radius 1 is 1.74 bits per heavy atom. The maximum Gasteiger partial charge on any atom is 0.235 e. The standard InChI is InChI=1S/C13H16BrN3OS/c1-4-5-9-11(18)17(3)12(15)16-13(9,2)10-6-8(14)7-19-10/h4,6-7,9H,1,5H2,2-3H3,(H2,15,16)/t9-,13-/m0/s1. The molecular weight excluding hydrogens is 326 g/mol. The first kappa shape index (κ1) is 14.3. The molecule has 2 N–H and O–H groups in total. The van der Waals surface area contributed by atoms with E-state index in [-0.39, 0.29) is 17.8 Å². The number of amides is 1. The van der Waals surface area contributed by atoms with Crippen LogP contribution in [-0.4, -0.2) is 23.8 Å². The van der Waals surface area contributed by atoms with Crippen LogP contribution >= 0.6 is 27.3 Å². The Kier molecular flexibility index (Phi) is 3.82. The third-order valence-corrected chi connectivity index (χ3v) is 5.45. The summed E-state index contributed by atoms with van der Waals surface area (Å²) < 4.78 is 0.991. The number of rotatable bonds is 3. The van der Waals surface area contributed by atoms with Crippen LogP contribution in [0.15, 0.2) is 28.6 Å². The van der Waals surface area contributed by atoms with E-state index in [4.69, 9.17) is 5.41 Å². The van der Waals surface area contributed by atoms with Gasteiger partial charge in [-0.3, -0.25) is 15.1 Å². The van der Waals surface area contributed by atoms with Crippen molar-refractivity contribution in [3.8, 4) is 0 Å². The van der Waals surface area contributed by atoms with E-state index in [1.807, 2.05) is 18.4 Å². The molecule has 0 unspecified atom stereocenters. The SMILES string of the molecule is C=CC[C@H]1C(=O)N(C)C(=N)N[C@]1(C)c1cc(Br)cs1. The minimum atomic E-state index is -0.564. The van der Waals surface area contributed by atoms with Crippen molar-refractivity contribution in [2.24, 2.45) is 5.92 Å². The third-order valence-electron chi connectivity index (χ3n) is 3.52. The van der Waals surface area contributed by atoms with Gasteiger partial charge in [0.15, 0.2) is 5.96 Å². The summed E-state index contributed by atoms with van der Waals surface area (Å²) in [5, 5.41) is 13.1. The highest BCUT2D eigenvalue weighted by molar-refractivity contribution is 9.10. The Balaban J connectivity index is 2.47. The zero-order chi connectivity index (χ0) is 14.2. The van der Waals surface area contributed by atoms with Gasteiger partial charge in [-0.05, 0) is 35.3 Å². The van der Waals surface area contributed by atoms with E-state index in [0.717, 1.165) is 9.35 Å². The molecule has 2 heterocycles. The van der Waals surface area contributed by atoms with Crippen LogP contribution in [-0.2, 0) is 10.3 Å². The number of carbonyl (C=O) groups excluding carboxylic acids is 1. The van der Waals surface area contributed by atoms with Gasteiger partial charge in [0.05, 0.1) is 11.5 Å². The molecule has 102 valence electrons. The third kappa shape index (κ3) is 2.34. The summed E-state index contributed by atoms with van der Waals surface area (Å²) in [6, 6.07) is 2.00.